The number of nitrogens with zero attached hydrogens (tertiary/aromatic N) is 4. The van der Waals surface area contributed by atoms with Gasteiger partial charge in [0.15, 0.2) is 17.4 Å². The van der Waals surface area contributed by atoms with E-state index >= 15 is 0 Å². The Kier molecular flexibility index (Phi) is 11.1. The molecule has 0 spiro atoms. The fourth-order valence-electron chi connectivity index (χ4n) is 5.31. The van der Waals surface area contributed by atoms with E-state index in [0.717, 1.165) is 5.39 Å². The number of carbonyl (C=O) groups excluding carboxylic acids is 1. The molecule has 0 amide bonds. The largest absolute Gasteiger partial charge is 0.479 e. The highest BCUT2D eigenvalue weighted by Gasteiger charge is 2.54. The number of fused-ring (bicyclic) bond motifs is 2. The van der Waals surface area contributed by atoms with E-state index in [-0.39, 0.29) is 47.2 Å². The average Bonchev–Trinajstić information content (AvgIpc) is 3.57. The first-order chi connectivity index (χ1) is 23.2. The van der Waals surface area contributed by atoms with Crippen LogP contribution < -0.4 is 20.1 Å². The van der Waals surface area contributed by atoms with Crippen LogP contribution in [0.2, 0.25) is 0 Å². The lowest BCUT2D eigenvalue weighted by Crippen LogP contribution is -2.44. The van der Waals surface area contributed by atoms with Gasteiger partial charge in [0.1, 0.15) is 29.6 Å². The molecule has 0 aliphatic carbocycles. The summed E-state index contributed by atoms with van der Waals surface area (Å²) in [6, 6.07) is 11.6. The topological polar surface area (TPSA) is 202 Å². The number of aliphatic hydroxyl groups is 2. The lowest BCUT2D eigenvalue weighted by Gasteiger charge is -2.28. The van der Waals surface area contributed by atoms with Crippen molar-refractivity contribution in [3.05, 3.63) is 48.8 Å². The van der Waals surface area contributed by atoms with Crippen LogP contribution in [0.1, 0.15) is 40.3 Å². The second kappa shape index (κ2) is 14.8. The molecule has 266 valence electrons. The predicted octanol–water partition coefficient (Wildman–Crippen LogP) is 4.08. The van der Waals surface area contributed by atoms with E-state index in [4.69, 9.17) is 29.0 Å². The van der Waals surface area contributed by atoms with E-state index in [1.54, 1.807) is 12.1 Å². The van der Waals surface area contributed by atoms with Crippen molar-refractivity contribution in [1.29, 1.82) is 0 Å². The summed E-state index contributed by atoms with van der Waals surface area (Å²) in [4.78, 5) is 25.9. The zero-order valence-electron chi connectivity index (χ0n) is 28.2. The van der Waals surface area contributed by atoms with Crippen molar-refractivity contribution in [2.75, 3.05) is 38.1 Å². The van der Waals surface area contributed by atoms with E-state index in [9.17, 15) is 19.6 Å². The molecule has 2 aromatic heterocycles. The Balaban J connectivity index is 1.44. The molecule has 5 rings (SSSR count). The highest BCUT2D eigenvalue weighted by atomic mass is 32.2. The van der Waals surface area contributed by atoms with Gasteiger partial charge in [-0.25, -0.2) is 9.55 Å². The number of aromatic nitrogens is 4. The minimum absolute atomic E-state index is 0.0983. The van der Waals surface area contributed by atoms with Crippen LogP contribution in [0.25, 0.3) is 21.9 Å². The summed E-state index contributed by atoms with van der Waals surface area (Å²) in [6.45, 7) is 6.81. The van der Waals surface area contributed by atoms with Gasteiger partial charge in [-0.15, -0.1) is 0 Å². The number of thioether (sulfide) groups is 1. The normalized spacial score (nSPS) is 23.0. The first-order valence-electron chi connectivity index (χ1n) is 15.6. The van der Waals surface area contributed by atoms with Crippen LogP contribution in [-0.4, -0.2) is 91.9 Å². The molecule has 0 bridgehead atoms. The summed E-state index contributed by atoms with van der Waals surface area (Å²) in [5, 5.41) is 27.1. The molecule has 0 saturated carbocycles. The van der Waals surface area contributed by atoms with Gasteiger partial charge in [-0.05, 0) is 42.2 Å². The number of hydrogen-bond donors (Lipinski definition) is 4. The van der Waals surface area contributed by atoms with Gasteiger partial charge < -0.3 is 34.7 Å². The van der Waals surface area contributed by atoms with E-state index in [0.29, 0.717) is 11.1 Å². The quantitative estimate of drug-likeness (QED) is 0.107. The number of benzene rings is 2. The number of methoxy groups -OCH3 is 1. The van der Waals surface area contributed by atoms with Gasteiger partial charge in [0.05, 0.1) is 26.7 Å². The molecule has 1 aliphatic heterocycles. The summed E-state index contributed by atoms with van der Waals surface area (Å²) >= 11 is 1.51. The molecule has 1 saturated heterocycles. The molecule has 1 fully saturated rings. The number of rotatable bonds is 14. The Labute approximate surface area is 288 Å². The molecule has 49 heavy (non-hydrogen) atoms. The van der Waals surface area contributed by atoms with Crippen LogP contribution in [0, 0.1) is 5.41 Å². The van der Waals surface area contributed by atoms with Gasteiger partial charge in [-0.2, -0.15) is 26.8 Å². The number of imidazole rings is 1. The second-order valence-corrected chi connectivity index (χ2v) is 15.8. The second-order valence-electron chi connectivity index (χ2n) is 13.1. The monoisotopic (exact) mass is 718 g/mol. The Hall–Kier alpha value is -3.50. The fourth-order valence-corrected chi connectivity index (χ4v) is 7.34. The minimum atomic E-state index is -4.42. The first kappa shape index (κ1) is 36.8. The summed E-state index contributed by atoms with van der Waals surface area (Å²) < 4.78 is 45.1. The molecule has 6 atom stereocenters. The van der Waals surface area contributed by atoms with Gasteiger partial charge >= 0.3 is 13.7 Å². The van der Waals surface area contributed by atoms with Gasteiger partial charge in [0.25, 0.3) is 0 Å². The zero-order valence-corrected chi connectivity index (χ0v) is 29.9. The number of hydrogen-bond acceptors (Lipinski definition) is 14. The maximum absolute atomic E-state index is 14.7. The van der Waals surface area contributed by atoms with Crippen molar-refractivity contribution < 1.29 is 42.8 Å². The first-order valence-corrected chi connectivity index (χ1v) is 18.5. The number of anilines is 1. The molecular formula is C32H43N6O9PS. The summed E-state index contributed by atoms with van der Waals surface area (Å²) in [7, 11) is -3.02. The highest BCUT2D eigenvalue weighted by Crippen LogP contribution is 2.49. The third-order valence-electron chi connectivity index (χ3n) is 7.84. The molecule has 5 N–H and O–H groups in total. The number of nitrogens with one attached hydrogen (secondary N) is 1. The average molecular weight is 719 g/mol. The molecule has 1 aliphatic rings. The highest BCUT2D eigenvalue weighted by molar-refractivity contribution is 7.98. The number of esters is 1. The zero-order chi connectivity index (χ0) is 35.6. The van der Waals surface area contributed by atoms with Gasteiger partial charge in [0, 0.05) is 5.39 Å². The maximum Gasteiger partial charge on any atom is 0.459 e. The third kappa shape index (κ3) is 8.28. The van der Waals surface area contributed by atoms with Crippen molar-refractivity contribution in [2.24, 2.45) is 5.41 Å². The van der Waals surface area contributed by atoms with Crippen LogP contribution in [0.3, 0.4) is 0 Å². The van der Waals surface area contributed by atoms with E-state index in [1.165, 1.54) is 36.7 Å². The van der Waals surface area contributed by atoms with Crippen molar-refractivity contribution in [3.8, 4) is 11.6 Å². The Morgan fingerprint density at radius 2 is 1.96 bits per heavy atom. The van der Waals surface area contributed by atoms with E-state index < -0.39 is 50.4 Å². The fraction of sp³-hybridized carbons (Fsp3) is 0.500. The van der Waals surface area contributed by atoms with Crippen LogP contribution in [0.5, 0.6) is 11.6 Å². The molecule has 2 aromatic carbocycles. The maximum atomic E-state index is 14.7. The Morgan fingerprint density at radius 1 is 1.22 bits per heavy atom. The number of nitrogen functional groups attached to an aromatic ring is 1. The van der Waals surface area contributed by atoms with E-state index in [1.807, 2.05) is 57.4 Å². The van der Waals surface area contributed by atoms with Crippen LogP contribution in [-0.2, 0) is 23.4 Å². The summed E-state index contributed by atoms with van der Waals surface area (Å²) in [5.41, 5.74) is 4.13. The standard InChI is InChI=1S/C32H43N6O9PS/c1-31(2,3)17-44-28(40)21(14-15-49-6)37-48(42,47-22-13-9-11-19-10-7-8-12-20(19)22)45-16-23-25(39)32(4,41)29(46-23)38-18-34-24-26(38)35-30(33)36-27(24)43-5/h7-13,18,21,23,25,29,39,41H,14-17H2,1-6H3,(H,37,42)(H2,33,35,36)/t21-,23+,25+,29?,32+,48?/m0/s1. The SMILES string of the molecule is COc1nc(N)nc2c1ncn2C1O[C@H](COP(=O)(N[C@@H](CCSC)C(=O)OCC(C)(C)C)Oc2cccc3ccccc23)[C@@H](O)[C@@]1(C)O. The number of carbonyl (C=O) groups is 1. The molecule has 17 heteroatoms. The summed E-state index contributed by atoms with van der Waals surface area (Å²) in [5.74, 6) is 0.198. The van der Waals surface area contributed by atoms with Crippen molar-refractivity contribution in [2.45, 2.75) is 64.2 Å². The molecule has 4 aromatic rings. The molecule has 0 radical (unpaired) electrons. The lowest BCUT2D eigenvalue weighted by molar-refractivity contribution is -0.148. The van der Waals surface area contributed by atoms with Crippen LogP contribution in [0.4, 0.5) is 5.95 Å². The Bertz CT molecular complexity index is 1830. The third-order valence-corrected chi connectivity index (χ3v) is 10.0. The smallest absolute Gasteiger partial charge is 0.459 e. The van der Waals surface area contributed by atoms with Crippen molar-refractivity contribution >= 4 is 53.4 Å². The van der Waals surface area contributed by atoms with Crippen molar-refractivity contribution in [1.82, 2.24) is 24.6 Å². The van der Waals surface area contributed by atoms with Gasteiger partial charge in [-0.3, -0.25) is 13.9 Å². The van der Waals surface area contributed by atoms with Gasteiger partial charge in [0.2, 0.25) is 11.8 Å². The molecular weight excluding hydrogens is 675 g/mol. The number of ether oxygens (including phenoxy) is 3. The van der Waals surface area contributed by atoms with Crippen LogP contribution in [0.15, 0.2) is 48.8 Å². The Morgan fingerprint density at radius 3 is 2.67 bits per heavy atom. The van der Waals surface area contributed by atoms with Crippen LogP contribution >= 0.6 is 19.5 Å². The van der Waals surface area contributed by atoms with Gasteiger partial charge in [-0.1, -0.05) is 57.2 Å². The molecule has 15 nitrogen and oxygen atoms in total. The summed E-state index contributed by atoms with van der Waals surface area (Å²) in [6.07, 6.45) is -0.480. The predicted molar refractivity (Wildman–Crippen MR) is 185 cm³/mol. The molecule has 3 heterocycles. The van der Waals surface area contributed by atoms with E-state index in [2.05, 4.69) is 20.0 Å². The number of nitrogens with two attached hydrogens (primary N) is 1. The molecule has 2 unspecified atom stereocenters. The minimum Gasteiger partial charge on any atom is -0.479 e. The lowest BCUT2D eigenvalue weighted by atomic mass is 9.96. The number of aliphatic hydroxyl groups excluding tert-OH is 1. The van der Waals surface area contributed by atoms with Crippen molar-refractivity contribution in [3.63, 3.8) is 0 Å².